The number of para-hydroxylation sites is 1. The van der Waals surface area contributed by atoms with Gasteiger partial charge < -0.3 is 9.47 Å². The number of carbonyl (C=O) groups is 1. The van der Waals surface area contributed by atoms with Gasteiger partial charge >= 0.3 is 5.91 Å². The van der Waals surface area contributed by atoms with Gasteiger partial charge in [-0.15, -0.1) is 0 Å². The highest BCUT2D eigenvalue weighted by Gasteiger charge is 2.24. The fourth-order valence-corrected chi connectivity index (χ4v) is 2.58. The second kappa shape index (κ2) is 7.44. The summed E-state index contributed by atoms with van der Waals surface area (Å²) in [5.41, 5.74) is 0.983. The molecule has 0 bridgehead atoms. The van der Waals surface area contributed by atoms with Gasteiger partial charge in [-0.2, -0.15) is 4.99 Å². The highest BCUT2D eigenvalue weighted by molar-refractivity contribution is 6.14. The summed E-state index contributed by atoms with van der Waals surface area (Å²) in [6.07, 6.45) is 1.44. The van der Waals surface area contributed by atoms with Crippen LogP contribution < -0.4 is 4.74 Å². The Hall–Kier alpha value is -3.80. The predicted molar refractivity (Wildman–Crippen MR) is 99.9 cm³/mol. The zero-order valence-corrected chi connectivity index (χ0v) is 14.4. The highest BCUT2D eigenvalue weighted by Crippen LogP contribution is 2.27. The first kappa shape index (κ1) is 17.6. The van der Waals surface area contributed by atoms with Crippen LogP contribution in [0.25, 0.3) is 6.08 Å². The van der Waals surface area contributed by atoms with Crippen molar-refractivity contribution < 1.29 is 23.0 Å². The van der Waals surface area contributed by atoms with Crippen molar-refractivity contribution in [2.45, 2.75) is 0 Å². The average Bonchev–Trinajstić information content (AvgIpc) is 3.06. The van der Waals surface area contributed by atoms with Crippen LogP contribution in [-0.2, 0) is 9.53 Å². The van der Waals surface area contributed by atoms with Gasteiger partial charge in [-0.3, -0.25) is 4.79 Å². The van der Waals surface area contributed by atoms with Crippen molar-refractivity contribution in [3.63, 3.8) is 0 Å². The fourth-order valence-electron chi connectivity index (χ4n) is 2.58. The summed E-state index contributed by atoms with van der Waals surface area (Å²) in [4.78, 5) is 15.9. The largest absolute Gasteiger partial charge is 0.454 e. The number of hydrogen-bond donors (Lipinski definition) is 0. The number of amides is 1. The second-order valence-corrected chi connectivity index (χ2v) is 5.94. The summed E-state index contributed by atoms with van der Waals surface area (Å²) in [6, 6.07) is 18.4. The molecule has 0 spiro atoms. The average molecular weight is 377 g/mol. The van der Waals surface area contributed by atoms with Crippen molar-refractivity contribution in [2.75, 3.05) is 0 Å². The van der Waals surface area contributed by atoms with E-state index in [0.717, 1.165) is 0 Å². The molecule has 0 unspecified atom stereocenters. The number of benzene rings is 3. The minimum absolute atomic E-state index is 0.0170. The lowest BCUT2D eigenvalue weighted by atomic mass is 10.2. The Bertz CT molecular complexity index is 1090. The quantitative estimate of drug-likeness (QED) is 0.594. The van der Waals surface area contributed by atoms with Gasteiger partial charge in [0.2, 0.25) is 5.90 Å². The van der Waals surface area contributed by atoms with E-state index < -0.39 is 17.5 Å². The molecule has 1 heterocycles. The number of aliphatic imine (C=N–C) groups is 1. The van der Waals surface area contributed by atoms with Crippen molar-refractivity contribution in [1.82, 2.24) is 0 Å². The van der Waals surface area contributed by atoms with Crippen molar-refractivity contribution >= 4 is 17.9 Å². The van der Waals surface area contributed by atoms with E-state index in [-0.39, 0.29) is 17.4 Å². The maximum absolute atomic E-state index is 14.1. The SMILES string of the molecule is O=C1N=C(c2ccc(F)cc2)O/C1=C/c1ccc(F)c(Oc2ccccc2)c1. The Morgan fingerprint density at radius 1 is 0.929 bits per heavy atom. The van der Waals surface area contributed by atoms with Crippen LogP contribution >= 0.6 is 0 Å². The van der Waals surface area contributed by atoms with E-state index in [9.17, 15) is 13.6 Å². The van der Waals surface area contributed by atoms with Gasteiger partial charge in [0.05, 0.1) is 0 Å². The second-order valence-electron chi connectivity index (χ2n) is 5.94. The van der Waals surface area contributed by atoms with Crippen molar-refractivity contribution in [3.05, 3.63) is 101 Å². The molecule has 4 rings (SSSR count). The third-order valence-electron chi connectivity index (χ3n) is 3.94. The summed E-state index contributed by atoms with van der Waals surface area (Å²) < 4.78 is 38.1. The third-order valence-corrected chi connectivity index (χ3v) is 3.94. The minimum Gasteiger partial charge on any atom is -0.454 e. The molecule has 138 valence electrons. The molecule has 0 fully saturated rings. The molecule has 0 aliphatic carbocycles. The number of rotatable bonds is 4. The van der Waals surface area contributed by atoms with E-state index in [1.807, 2.05) is 6.07 Å². The molecular formula is C22H13F2NO3. The lowest BCUT2D eigenvalue weighted by Crippen LogP contribution is -2.00. The first-order valence-electron chi connectivity index (χ1n) is 8.39. The first-order chi connectivity index (χ1) is 13.6. The molecule has 28 heavy (non-hydrogen) atoms. The standard InChI is InChI=1S/C22H13F2NO3/c23-16-9-7-15(8-10-16)22-25-21(26)20(28-22)13-14-6-11-18(24)19(12-14)27-17-4-2-1-3-5-17/h1-13H/b20-13+. The maximum Gasteiger partial charge on any atom is 0.316 e. The summed E-state index contributed by atoms with van der Waals surface area (Å²) >= 11 is 0. The normalized spacial score (nSPS) is 14.7. The molecule has 0 saturated carbocycles. The Morgan fingerprint density at radius 2 is 1.68 bits per heavy atom. The lowest BCUT2D eigenvalue weighted by Gasteiger charge is -2.08. The van der Waals surface area contributed by atoms with Crippen LogP contribution in [0.5, 0.6) is 11.5 Å². The lowest BCUT2D eigenvalue weighted by molar-refractivity contribution is -0.115. The maximum atomic E-state index is 14.1. The molecule has 0 atom stereocenters. The van der Waals surface area contributed by atoms with Gasteiger partial charge in [0.15, 0.2) is 17.3 Å². The molecule has 3 aromatic carbocycles. The van der Waals surface area contributed by atoms with Crippen LogP contribution in [0.3, 0.4) is 0 Å². The van der Waals surface area contributed by atoms with E-state index in [1.165, 1.54) is 48.5 Å². The molecule has 0 aromatic heterocycles. The van der Waals surface area contributed by atoms with Crippen LogP contribution in [0.1, 0.15) is 11.1 Å². The van der Waals surface area contributed by atoms with Gasteiger partial charge in [-0.1, -0.05) is 24.3 Å². The number of nitrogens with zero attached hydrogens (tertiary/aromatic N) is 1. The van der Waals surface area contributed by atoms with Gasteiger partial charge in [-0.05, 0) is 60.2 Å². The van der Waals surface area contributed by atoms with Crippen LogP contribution in [0, 0.1) is 11.6 Å². The zero-order chi connectivity index (χ0) is 19.5. The number of halogens is 2. The topological polar surface area (TPSA) is 47.9 Å². The minimum atomic E-state index is -0.575. The van der Waals surface area contributed by atoms with E-state index in [2.05, 4.69) is 4.99 Å². The predicted octanol–water partition coefficient (Wildman–Crippen LogP) is 5.10. The van der Waals surface area contributed by atoms with Crippen LogP contribution in [0.15, 0.2) is 83.5 Å². The smallest absolute Gasteiger partial charge is 0.316 e. The van der Waals surface area contributed by atoms with Crippen molar-refractivity contribution in [2.24, 2.45) is 4.99 Å². The van der Waals surface area contributed by atoms with Gasteiger partial charge in [0, 0.05) is 5.56 Å². The summed E-state index contributed by atoms with van der Waals surface area (Å²) in [5.74, 6) is -0.938. The molecule has 3 aromatic rings. The van der Waals surface area contributed by atoms with Crippen molar-refractivity contribution in [3.8, 4) is 11.5 Å². The van der Waals surface area contributed by atoms with E-state index in [4.69, 9.17) is 9.47 Å². The van der Waals surface area contributed by atoms with Gasteiger partial charge in [0.1, 0.15) is 11.6 Å². The van der Waals surface area contributed by atoms with E-state index in [0.29, 0.717) is 16.9 Å². The molecule has 0 saturated heterocycles. The van der Waals surface area contributed by atoms with Crippen LogP contribution in [0.4, 0.5) is 8.78 Å². The zero-order valence-electron chi connectivity index (χ0n) is 14.4. The monoisotopic (exact) mass is 377 g/mol. The van der Waals surface area contributed by atoms with Gasteiger partial charge in [-0.25, -0.2) is 8.78 Å². The Balaban J connectivity index is 1.57. The number of ether oxygens (including phenoxy) is 2. The van der Waals surface area contributed by atoms with Gasteiger partial charge in [0.25, 0.3) is 0 Å². The Morgan fingerprint density at radius 3 is 2.43 bits per heavy atom. The summed E-state index contributed by atoms with van der Waals surface area (Å²) in [5, 5.41) is 0. The highest BCUT2D eigenvalue weighted by atomic mass is 19.1. The summed E-state index contributed by atoms with van der Waals surface area (Å²) in [6.45, 7) is 0. The number of carbonyl (C=O) groups excluding carboxylic acids is 1. The molecular weight excluding hydrogens is 364 g/mol. The molecule has 1 aliphatic rings. The molecule has 0 radical (unpaired) electrons. The summed E-state index contributed by atoms with van der Waals surface area (Å²) in [7, 11) is 0. The molecule has 6 heteroatoms. The Labute approximate surface area is 159 Å². The molecule has 1 amide bonds. The van der Waals surface area contributed by atoms with E-state index >= 15 is 0 Å². The Kier molecular flexibility index (Phi) is 4.68. The fraction of sp³-hybridized carbons (Fsp3) is 0. The third kappa shape index (κ3) is 3.81. The van der Waals surface area contributed by atoms with Crippen LogP contribution in [-0.4, -0.2) is 11.8 Å². The first-order valence-corrected chi connectivity index (χ1v) is 8.39. The van der Waals surface area contributed by atoms with E-state index in [1.54, 1.807) is 24.3 Å². The number of hydrogen-bond acceptors (Lipinski definition) is 3. The molecule has 1 aliphatic heterocycles. The van der Waals surface area contributed by atoms with Crippen molar-refractivity contribution in [1.29, 1.82) is 0 Å². The molecule has 4 nitrogen and oxygen atoms in total. The van der Waals surface area contributed by atoms with Crippen LogP contribution in [0.2, 0.25) is 0 Å². The molecule has 0 N–H and O–H groups in total.